The lowest BCUT2D eigenvalue weighted by Gasteiger charge is -2.15. The lowest BCUT2D eigenvalue weighted by atomic mass is 10.00. The van der Waals surface area contributed by atoms with Crippen LogP contribution in [0, 0.1) is 11.3 Å². The third-order valence-electron chi connectivity index (χ3n) is 5.86. The Labute approximate surface area is 213 Å². The van der Waals surface area contributed by atoms with Gasteiger partial charge in [0.2, 0.25) is 10.0 Å². The summed E-state index contributed by atoms with van der Waals surface area (Å²) in [5.41, 5.74) is 4.32. The Bertz CT molecular complexity index is 1250. The molecule has 0 radical (unpaired) electrons. The van der Waals surface area contributed by atoms with E-state index in [9.17, 15) is 13.7 Å². The highest BCUT2D eigenvalue weighted by Crippen LogP contribution is 2.34. The van der Waals surface area contributed by atoms with Gasteiger partial charge in [0.25, 0.3) is 0 Å². The molecule has 0 fully saturated rings. The van der Waals surface area contributed by atoms with E-state index in [4.69, 9.17) is 17.0 Å². The van der Waals surface area contributed by atoms with Crippen LogP contribution in [0.5, 0.6) is 5.75 Å². The number of hydrogen-bond donors (Lipinski definition) is 2. The first-order valence-electron chi connectivity index (χ1n) is 11.7. The van der Waals surface area contributed by atoms with Crippen molar-refractivity contribution in [2.24, 2.45) is 4.99 Å². The quantitative estimate of drug-likeness (QED) is 0.268. The molecule has 1 aliphatic rings. The SMILES string of the molecule is CNCCS(=O)(=O)NC1CCc2c(C(=S)C=NC(C)c3ccc(OC(C)C)c(C#N)c3)cccc21. The second-order valence-corrected chi connectivity index (χ2v) is 11.2. The molecule has 3 rings (SSSR count). The molecule has 0 aromatic heterocycles. The van der Waals surface area contributed by atoms with Crippen LogP contribution in [0.15, 0.2) is 41.4 Å². The number of fused-ring (bicyclic) bond motifs is 1. The van der Waals surface area contributed by atoms with Crippen molar-refractivity contribution in [3.63, 3.8) is 0 Å². The van der Waals surface area contributed by atoms with Crippen LogP contribution in [0.1, 0.15) is 67.1 Å². The fourth-order valence-electron chi connectivity index (χ4n) is 4.11. The molecule has 0 saturated heterocycles. The Hall–Kier alpha value is -2.64. The minimum atomic E-state index is -3.37. The maximum atomic E-state index is 12.4. The maximum Gasteiger partial charge on any atom is 0.213 e. The summed E-state index contributed by atoms with van der Waals surface area (Å²) in [6.45, 7) is 6.19. The molecule has 2 unspecified atom stereocenters. The second-order valence-electron chi connectivity index (χ2n) is 8.86. The summed E-state index contributed by atoms with van der Waals surface area (Å²) < 4.78 is 33.3. The smallest absolute Gasteiger partial charge is 0.213 e. The average Bonchev–Trinajstić information content (AvgIpc) is 3.23. The molecule has 186 valence electrons. The predicted octanol–water partition coefficient (Wildman–Crippen LogP) is 4.02. The van der Waals surface area contributed by atoms with Gasteiger partial charge in [-0.3, -0.25) is 4.99 Å². The van der Waals surface area contributed by atoms with Crippen LogP contribution in [0.3, 0.4) is 0 Å². The molecule has 0 aliphatic heterocycles. The molecule has 2 aromatic carbocycles. The van der Waals surface area contributed by atoms with Gasteiger partial charge in [-0.2, -0.15) is 5.26 Å². The van der Waals surface area contributed by atoms with Crippen LogP contribution >= 0.6 is 12.2 Å². The van der Waals surface area contributed by atoms with Gasteiger partial charge in [0.05, 0.1) is 28.3 Å². The highest BCUT2D eigenvalue weighted by molar-refractivity contribution is 7.89. The molecule has 1 aliphatic carbocycles. The van der Waals surface area contributed by atoms with Gasteiger partial charge in [0.1, 0.15) is 11.8 Å². The van der Waals surface area contributed by atoms with Gasteiger partial charge >= 0.3 is 0 Å². The number of ether oxygens (including phenoxy) is 1. The van der Waals surface area contributed by atoms with Crippen LogP contribution < -0.4 is 14.8 Å². The standard InChI is InChI=1S/C26H32N4O3S2/c1-17(2)33-25-11-8-19(14-20(25)15-27)18(3)29-16-26(34)23-7-5-6-22-21(23)9-10-24(22)30-35(31,32)13-12-28-4/h5-8,11,14,16-18,24,28,30H,9-10,12-13H2,1-4H3. The minimum Gasteiger partial charge on any atom is -0.490 e. The van der Waals surface area contributed by atoms with Gasteiger partial charge in [0, 0.05) is 18.8 Å². The fraction of sp³-hybridized carbons (Fsp3) is 0.423. The van der Waals surface area contributed by atoms with Crippen molar-refractivity contribution in [1.29, 1.82) is 5.26 Å². The van der Waals surface area contributed by atoms with Crippen molar-refractivity contribution in [2.45, 2.75) is 51.8 Å². The van der Waals surface area contributed by atoms with E-state index in [1.807, 2.05) is 45.0 Å². The van der Waals surface area contributed by atoms with E-state index in [0.717, 1.165) is 28.7 Å². The van der Waals surface area contributed by atoms with E-state index >= 15 is 0 Å². The highest BCUT2D eigenvalue weighted by Gasteiger charge is 2.28. The van der Waals surface area contributed by atoms with Crippen LogP contribution in [-0.4, -0.2) is 44.9 Å². The van der Waals surface area contributed by atoms with E-state index < -0.39 is 10.0 Å². The van der Waals surface area contributed by atoms with E-state index in [1.54, 1.807) is 25.4 Å². The number of benzene rings is 2. The lowest BCUT2D eigenvalue weighted by Crippen LogP contribution is -2.33. The van der Waals surface area contributed by atoms with E-state index in [1.165, 1.54) is 0 Å². The Morgan fingerprint density at radius 2 is 2.09 bits per heavy atom. The molecule has 2 aromatic rings. The first-order valence-corrected chi connectivity index (χ1v) is 13.8. The third-order valence-corrected chi connectivity index (χ3v) is 7.57. The summed E-state index contributed by atoms with van der Waals surface area (Å²) in [5.74, 6) is 0.602. The summed E-state index contributed by atoms with van der Waals surface area (Å²) in [5, 5.41) is 12.4. The molecule has 0 bridgehead atoms. The minimum absolute atomic E-state index is 0.0170. The van der Waals surface area contributed by atoms with Gasteiger partial charge in [-0.15, -0.1) is 0 Å². The molecular weight excluding hydrogens is 480 g/mol. The first kappa shape index (κ1) is 27.0. The summed E-state index contributed by atoms with van der Waals surface area (Å²) in [4.78, 5) is 5.24. The van der Waals surface area contributed by atoms with Gasteiger partial charge < -0.3 is 10.1 Å². The van der Waals surface area contributed by atoms with Gasteiger partial charge in [-0.05, 0) is 75.0 Å². The molecule has 2 N–H and O–H groups in total. The zero-order chi connectivity index (χ0) is 25.6. The zero-order valence-corrected chi connectivity index (χ0v) is 22.2. The summed E-state index contributed by atoms with van der Waals surface area (Å²) >= 11 is 5.68. The number of aliphatic imine (C=N–C) groups is 1. The number of nitrogens with zero attached hydrogens (tertiary/aromatic N) is 2. The molecule has 9 heteroatoms. The molecular formula is C26H32N4O3S2. The topological polar surface area (TPSA) is 104 Å². The van der Waals surface area contributed by atoms with Crippen molar-refractivity contribution >= 4 is 33.3 Å². The Morgan fingerprint density at radius 1 is 1.31 bits per heavy atom. The van der Waals surface area contributed by atoms with Gasteiger partial charge in [-0.25, -0.2) is 13.1 Å². The van der Waals surface area contributed by atoms with E-state index in [-0.39, 0.29) is 23.9 Å². The average molecular weight is 513 g/mol. The van der Waals surface area contributed by atoms with Crippen LogP contribution in [0.4, 0.5) is 0 Å². The van der Waals surface area contributed by atoms with Crippen LogP contribution in [-0.2, 0) is 16.4 Å². The van der Waals surface area contributed by atoms with Gasteiger partial charge in [-0.1, -0.05) is 36.5 Å². The summed E-state index contributed by atoms with van der Waals surface area (Å²) in [6, 6.07) is 13.1. The molecule has 0 heterocycles. The number of nitrogens with one attached hydrogen (secondary N) is 2. The number of thiocarbonyl (C=S) groups is 1. The largest absolute Gasteiger partial charge is 0.490 e. The fourth-order valence-corrected chi connectivity index (χ4v) is 5.63. The highest BCUT2D eigenvalue weighted by atomic mass is 32.2. The second kappa shape index (κ2) is 11.9. The van der Waals surface area contributed by atoms with Crippen molar-refractivity contribution in [1.82, 2.24) is 10.0 Å². The molecule has 2 atom stereocenters. The number of sulfonamides is 1. The predicted molar refractivity (Wildman–Crippen MR) is 144 cm³/mol. The molecule has 0 amide bonds. The Kier molecular flexibility index (Phi) is 9.14. The number of nitriles is 1. The van der Waals surface area contributed by atoms with Crippen molar-refractivity contribution in [3.8, 4) is 11.8 Å². The van der Waals surface area contributed by atoms with E-state index in [2.05, 4.69) is 21.1 Å². The first-order chi connectivity index (χ1) is 16.6. The van der Waals surface area contributed by atoms with Crippen LogP contribution in [0.2, 0.25) is 0 Å². The summed E-state index contributed by atoms with van der Waals surface area (Å²) in [6.07, 6.45) is 3.11. The zero-order valence-electron chi connectivity index (χ0n) is 20.5. The maximum absolute atomic E-state index is 12.4. The van der Waals surface area contributed by atoms with Crippen LogP contribution in [0.25, 0.3) is 0 Å². The third kappa shape index (κ3) is 6.95. The number of rotatable bonds is 11. The molecule has 35 heavy (non-hydrogen) atoms. The molecule has 0 spiro atoms. The summed E-state index contributed by atoms with van der Waals surface area (Å²) in [7, 11) is -1.64. The Balaban J connectivity index is 1.75. The monoisotopic (exact) mass is 512 g/mol. The van der Waals surface area contributed by atoms with E-state index in [0.29, 0.717) is 29.1 Å². The Morgan fingerprint density at radius 3 is 2.77 bits per heavy atom. The molecule has 7 nitrogen and oxygen atoms in total. The van der Waals surface area contributed by atoms with Crippen molar-refractivity contribution in [3.05, 3.63) is 64.2 Å². The van der Waals surface area contributed by atoms with Gasteiger partial charge in [0.15, 0.2) is 0 Å². The lowest BCUT2D eigenvalue weighted by molar-refractivity contribution is 0.241. The van der Waals surface area contributed by atoms with Crippen molar-refractivity contribution < 1.29 is 13.2 Å². The normalized spacial score (nSPS) is 16.3. The molecule has 0 saturated carbocycles. The van der Waals surface area contributed by atoms with Crippen molar-refractivity contribution in [2.75, 3.05) is 19.3 Å². The number of hydrogen-bond acceptors (Lipinski definition) is 7.